The minimum Gasteiger partial charge on any atom is -0.466 e. The first kappa shape index (κ1) is 18.5. The molecule has 3 heterocycles. The Bertz CT molecular complexity index is 683. The van der Waals surface area contributed by atoms with Gasteiger partial charge in [-0.05, 0) is 44.1 Å². The Kier molecular flexibility index (Phi) is 5.22. The third kappa shape index (κ3) is 4.03. The standard InChI is InChI=1S/C22H29NO4/c1-2-26-21(25)11-17-10-19-14-22(12-17,27-19)13-18-8-9-20(24)23(18)15-16-6-4-3-5-7-16/h3-7,17-19H,2,8-15H2,1H3/t17-,18+,19?,22+/m1/s1. The van der Waals surface area contributed by atoms with Gasteiger partial charge in [0.1, 0.15) is 0 Å². The molecule has 2 bridgehead atoms. The molecule has 1 unspecified atom stereocenters. The van der Waals surface area contributed by atoms with E-state index >= 15 is 0 Å². The number of carbonyl (C=O) groups is 2. The van der Waals surface area contributed by atoms with Gasteiger partial charge in [0.15, 0.2) is 0 Å². The largest absolute Gasteiger partial charge is 0.466 e. The SMILES string of the molecule is CCOC(=O)C[C@H]1CC2C[C@@](C[C@@H]3CCC(=O)N3Cc3ccccc3)(C1)O2. The summed E-state index contributed by atoms with van der Waals surface area (Å²) in [6, 6.07) is 10.4. The first-order chi connectivity index (χ1) is 13.1. The van der Waals surface area contributed by atoms with Crippen LogP contribution in [0.2, 0.25) is 0 Å². The van der Waals surface area contributed by atoms with E-state index in [9.17, 15) is 9.59 Å². The van der Waals surface area contributed by atoms with E-state index in [0.29, 0.717) is 31.9 Å². The molecule has 0 aromatic heterocycles. The molecule has 4 fully saturated rings. The number of ether oxygens (including phenoxy) is 2. The van der Waals surface area contributed by atoms with Gasteiger partial charge in [-0.25, -0.2) is 0 Å². The molecule has 5 nitrogen and oxygen atoms in total. The highest BCUT2D eigenvalue weighted by atomic mass is 16.5. The third-order valence-corrected chi connectivity index (χ3v) is 6.29. The lowest BCUT2D eigenvalue weighted by Crippen LogP contribution is -2.59. The van der Waals surface area contributed by atoms with Crippen LogP contribution in [0.3, 0.4) is 0 Å². The van der Waals surface area contributed by atoms with Crippen LogP contribution in [-0.2, 0) is 25.6 Å². The van der Waals surface area contributed by atoms with Crippen molar-refractivity contribution in [3.63, 3.8) is 0 Å². The average molecular weight is 371 g/mol. The molecule has 4 aliphatic rings. The molecule has 4 atom stereocenters. The summed E-state index contributed by atoms with van der Waals surface area (Å²) >= 11 is 0. The fraction of sp³-hybridized carbons (Fsp3) is 0.636. The van der Waals surface area contributed by atoms with E-state index in [0.717, 1.165) is 32.1 Å². The number of likely N-dealkylation sites (tertiary alicyclic amines) is 1. The number of hydrogen-bond acceptors (Lipinski definition) is 4. The van der Waals surface area contributed by atoms with Gasteiger partial charge < -0.3 is 14.4 Å². The molecule has 1 aliphatic carbocycles. The van der Waals surface area contributed by atoms with Crippen LogP contribution in [-0.4, -0.2) is 41.1 Å². The summed E-state index contributed by atoms with van der Waals surface area (Å²) in [7, 11) is 0. The molecular weight excluding hydrogens is 342 g/mol. The second-order valence-corrected chi connectivity index (χ2v) is 8.35. The average Bonchev–Trinajstić information content (AvgIpc) is 2.95. The van der Waals surface area contributed by atoms with Crippen LogP contribution >= 0.6 is 0 Å². The lowest BCUT2D eigenvalue weighted by atomic mass is 9.68. The van der Waals surface area contributed by atoms with Crippen molar-refractivity contribution in [1.29, 1.82) is 0 Å². The molecule has 3 aliphatic heterocycles. The van der Waals surface area contributed by atoms with E-state index in [1.165, 1.54) is 5.56 Å². The molecule has 1 saturated carbocycles. The van der Waals surface area contributed by atoms with Crippen molar-refractivity contribution in [3.8, 4) is 0 Å². The summed E-state index contributed by atoms with van der Waals surface area (Å²) in [6.07, 6.45) is 6.12. The summed E-state index contributed by atoms with van der Waals surface area (Å²) in [5.74, 6) is 0.493. The Morgan fingerprint density at radius 2 is 2.07 bits per heavy atom. The molecule has 5 heteroatoms. The summed E-state index contributed by atoms with van der Waals surface area (Å²) in [4.78, 5) is 26.4. The van der Waals surface area contributed by atoms with Crippen LogP contribution in [0.1, 0.15) is 57.4 Å². The van der Waals surface area contributed by atoms with Crippen molar-refractivity contribution >= 4 is 11.9 Å². The molecule has 1 aromatic rings. The monoisotopic (exact) mass is 371 g/mol. The van der Waals surface area contributed by atoms with Crippen LogP contribution in [0.15, 0.2) is 30.3 Å². The lowest BCUT2D eigenvalue weighted by molar-refractivity contribution is -0.257. The Hall–Kier alpha value is -1.88. The number of esters is 1. The van der Waals surface area contributed by atoms with E-state index in [2.05, 4.69) is 12.1 Å². The summed E-state index contributed by atoms with van der Waals surface area (Å²) in [5.41, 5.74) is 1.02. The maximum Gasteiger partial charge on any atom is 0.306 e. The zero-order valence-electron chi connectivity index (χ0n) is 16.1. The Morgan fingerprint density at radius 1 is 1.30 bits per heavy atom. The first-order valence-electron chi connectivity index (χ1n) is 10.2. The molecule has 146 valence electrons. The number of nitrogens with zero attached hydrogens (tertiary/aromatic N) is 1. The first-order valence-corrected chi connectivity index (χ1v) is 10.2. The number of hydrogen-bond donors (Lipinski definition) is 0. The van der Waals surface area contributed by atoms with Crippen molar-refractivity contribution in [1.82, 2.24) is 4.90 Å². The molecule has 1 aromatic carbocycles. The van der Waals surface area contributed by atoms with Gasteiger partial charge >= 0.3 is 5.97 Å². The normalized spacial score (nSPS) is 32.3. The third-order valence-electron chi connectivity index (χ3n) is 6.29. The topological polar surface area (TPSA) is 55.8 Å². The van der Waals surface area contributed by atoms with Crippen molar-refractivity contribution in [2.45, 2.75) is 76.2 Å². The van der Waals surface area contributed by atoms with Gasteiger partial charge in [-0.1, -0.05) is 30.3 Å². The molecule has 0 spiro atoms. The van der Waals surface area contributed by atoms with Gasteiger partial charge in [-0.15, -0.1) is 0 Å². The van der Waals surface area contributed by atoms with Crippen molar-refractivity contribution in [3.05, 3.63) is 35.9 Å². The Labute approximate surface area is 161 Å². The van der Waals surface area contributed by atoms with Gasteiger partial charge in [0.2, 0.25) is 5.91 Å². The number of amides is 1. The van der Waals surface area contributed by atoms with Crippen molar-refractivity contribution in [2.24, 2.45) is 5.92 Å². The van der Waals surface area contributed by atoms with E-state index in [-0.39, 0.29) is 29.6 Å². The van der Waals surface area contributed by atoms with Gasteiger partial charge in [0.25, 0.3) is 0 Å². The molecule has 0 N–H and O–H groups in total. The Balaban J connectivity index is 1.38. The maximum absolute atomic E-state index is 12.5. The zero-order valence-corrected chi connectivity index (χ0v) is 16.1. The summed E-state index contributed by atoms with van der Waals surface area (Å²) < 4.78 is 11.4. The fourth-order valence-electron chi connectivity index (χ4n) is 5.26. The molecule has 3 saturated heterocycles. The predicted octanol–water partition coefficient (Wildman–Crippen LogP) is 3.46. The Morgan fingerprint density at radius 3 is 2.81 bits per heavy atom. The highest BCUT2D eigenvalue weighted by Gasteiger charge is 2.54. The molecule has 1 amide bonds. The highest BCUT2D eigenvalue weighted by Crippen LogP contribution is 2.51. The smallest absolute Gasteiger partial charge is 0.306 e. The van der Waals surface area contributed by atoms with Crippen molar-refractivity contribution in [2.75, 3.05) is 6.61 Å². The van der Waals surface area contributed by atoms with Crippen molar-refractivity contribution < 1.29 is 19.1 Å². The maximum atomic E-state index is 12.5. The summed E-state index contributed by atoms with van der Waals surface area (Å²) in [5, 5.41) is 0. The van der Waals surface area contributed by atoms with Crippen LogP contribution in [0, 0.1) is 5.92 Å². The molecule has 0 radical (unpaired) electrons. The van der Waals surface area contributed by atoms with E-state index in [1.54, 1.807) is 0 Å². The molecular formula is C22H29NO4. The van der Waals surface area contributed by atoms with Crippen LogP contribution in [0.4, 0.5) is 0 Å². The molecule has 5 rings (SSSR count). The van der Waals surface area contributed by atoms with Crippen LogP contribution in [0.25, 0.3) is 0 Å². The van der Waals surface area contributed by atoms with Crippen LogP contribution < -0.4 is 0 Å². The summed E-state index contributed by atoms with van der Waals surface area (Å²) in [6.45, 7) is 2.96. The minimum absolute atomic E-state index is 0.0966. The van der Waals surface area contributed by atoms with E-state index in [4.69, 9.17) is 9.47 Å². The van der Waals surface area contributed by atoms with Gasteiger partial charge in [0, 0.05) is 31.8 Å². The van der Waals surface area contributed by atoms with Gasteiger partial charge in [0.05, 0.1) is 18.3 Å². The zero-order chi connectivity index (χ0) is 18.9. The molecule has 27 heavy (non-hydrogen) atoms. The van der Waals surface area contributed by atoms with E-state index in [1.807, 2.05) is 30.0 Å². The number of fused-ring (bicyclic) bond motifs is 2. The quantitative estimate of drug-likeness (QED) is 0.689. The highest BCUT2D eigenvalue weighted by molar-refractivity contribution is 5.78. The second-order valence-electron chi connectivity index (χ2n) is 8.35. The predicted molar refractivity (Wildman–Crippen MR) is 101 cm³/mol. The fourth-order valence-corrected chi connectivity index (χ4v) is 5.26. The van der Waals surface area contributed by atoms with Gasteiger partial charge in [-0.2, -0.15) is 0 Å². The number of benzene rings is 1. The van der Waals surface area contributed by atoms with Gasteiger partial charge in [-0.3, -0.25) is 9.59 Å². The second kappa shape index (κ2) is 7.63. The minimum atomic E-state index is -0.149. The van der Waals surface area contributed by atoms with Crippen LogP contribution in [0.5, 0.6) is 0 Å². The number of rotatable bonds is 7. The lowest BCUT2D eigenvalue weighted by Gasteiger charge is -2.56. The number of carbonyl (C=O) groups excluding carboxylic acids is 2. The van der Waals surface area contributed by atoms with E-state index < -0.39 is 0 Å².